The van der Waals surface area contributed by atoms with Crippen LogP contribution < -0.4 is 4.72 Å². The van der Waals surface area contributed by atoms with E-state index >= 15 is 0 Å². The quantitative estimate of drug-likeness (QED) is 0.861. The summed E-state index contributed by atoms with van der Waals surface area (Å²) in [6.07, 6.45) is -4.47. The molecule has 0 aromatic heterocycles. The molecule has 1 aromatic carbocycles. The first-order valence-corrected chi connectivity index (χ1v) is 7.11. The van der Waals surface area contributed by atoms with E-state index in [1.54, 1.807) is 0 Å². The second-order valence-corrected chi connectivity index (χ2v) is 5.67. The van der Waals surface area contributed by atoms with Crippen LogP contribution in [-0.4, -0.2) is 20.3 Å². The first kappa shape index (κ1) is 14.5. The number of benzene rings is 1. The predicted molar refractivity (Wildman–Crippen MR) is 60.4 cm³/mol. The summed E-state index contributed by atoms with van der Waals surface area (Å²) in [4.78, 5) is -0.188. The summed E-state index contributed by atoms with van der Waals surface area (Å²) in [5, 5.41) is 0.423. The minimum atomic E-state index is -4.47. The van der Waals surface area contributed by atoms with Crippen LogP contribution in [0, 0.1) is 0 Å². The average molecular weight is 332 g/mol. The third kappa shape index (κ3) is 3.97. The molecule has 0 amide bonds. The van der Waals surface area contributed by atoms with Crippen molar-refractivity contribution in [3.63, 3.8) is 0 Å². The van der Waals surface area contributed by atoms with Crippen molar-refractivity contribution in [2.24, 2.45) is 0 Å². The lowest BCUT2D eigenvalue weighted by Crippen LogP contribution is -2.25. The van der Waals surface area contributed by atoms with Crippen LogP contribution in [0.25, 0.3) is 0 Å². The van der Waals surface area contributed by atoms with Gasteiger partial charge < -0.3 is 0 Å². The number of alkyl halides is 4. The van der Waals surface area contributed by atoms with Gasteiger partial charge in [-0.25, -0.2) is 13.1 Å². The molecule has 0 unspecified atom stereocenters. The number of halogens is 4. The smallest absolute Gasteiger partial charge is 0.210 e. The molecule has 0 aliphatic rings. The highest BCUT2D eigenvalue weighted by atomic mass is 79.9. The first-order chi connectivity index (χ1) is 7.77. The lowest BCUT2D eigenvalue weighted by atomic mass is 10.2. The molecule has 1 rings (SSSR count). The van der Waals surface area contributed by atoms with Gasteiger partial charge in [-0.2, -0.15) is 13.2 Å². The molecule has 0 aliphatic heterocycles. The minimum Gasteiger partial charge on any atom is -0.210 e. The fourth-order valence-electron chi connectivity index (χ4n) is 1.08. The SMILES string of the molecule is O=S(=O)(NCCBr)c1ccc(C(F)(F)F)cc1. The summed E-state index contributed by atoms with van der Waals surface area (Å²) >= 11 is 3.04. The fraction of sp³-hybridized carbons (Fsp3) is 0.333. The molecule has 17 heavy (non-hydrogen) atoms. The fourth-order valence-corrected chi connectivity index (χ4v) is 2.57. The maximum atomic E-state index is 12.2. The zero-order valence-electron chi connectivity index (χ0n) is 8.46. The van der Waals surface area contributed by atoms with Gasteiger partial charge in [0.2, 0.25) is 10.0 Å². The summed E-state index contributed by atoms with van der Waals surface area (Å²) in [6.45, 7) is 0.170. The van der Waals surface area contributed by atoms with E-state index in [-0.39, 0.29) is 11.4 Å². The van der Waals surface area contributed by atoms with Crippen molar-refractivity contribution in [3.8, 4) is 0 Å². The largest absolute Gasteiger partial charge is 0.416 e. The third-order valence-electron chi connectivity index (χ3n) is 1.88. The predicted octanol–water partition coefficient (Wildman–Crippen LogP) is 2.38. The normalized spacial score (nSPS) is 12.7. The molecular weight excluding hydrogens is 323 g/mol. The molecule has 0 aliphatic carbocycles. The second kappa shape index (κ2) is 5.36. The molecule has 0 radical (unpaired) electrons. The van der Waals surface area contributed by atoms with Gasteiger partial charge in [0.1, 0.15) is 0 Å². The Hall–Kier alpha value is -0.600. The van der Waals surface area contributed by atoms with E-state index in [9.17, 15) is 21.6 Å². The van der Waals surface area contributed by atoms with Crippen LogP contribution >= 0.6 is 15.9 Å². The van der Waals surface area contributed by atoms with E-state index in [1.807, 2.05) is 0 Å². The van der Waals surface area contributed by atoms with E-state index in [2.05, 4.69) is 20.7 Å². The summed E-state index contributed by atoms with van der Waals surface area (Å²) < 4.78 is 62.0. The number of hydrogen-bond donors (Lipinski definition) is 1. The molecule has 0 atom stereocenters. The molecule has 1 aromatic rings. The van der Waals surface area contributed by atoms with Crippen LogP contribution in [0.2, 0.25) is 0 Å². The van der Waals surface area contributed by atoms with E-state index in [0.29, 0.717) is 5.33 Å². The first-order valence-electron chi connectivity index (χ1n) is 4.50. The van der Waals surface area contributed by atoms with Crippen LogP contribution in [0.4, 0.5) is 13.2 Å². The van der Waals surface area contributed by atoms with E-state index in [1.165, 1.54) is 0 Å². The van der Waals surface area contributed by atoms with Crippen molar-refractivity contribution in [1.29, 1.82) is 0 Å². The van der Waals surface area contributed by atoms with Gasteiger partial charge in [-0.1, -0.05) is 15.9 Å². The van der Waals surface area contributed by atoms with Crippen molar-refractivity contribution >= 4 is 26.0 Å². The van der Waals surface area contributed by atoms with Gasteiger partial charge in [0.05, 0.1) is 10.5 Å². The van der Waals surface area contributed by atoms with Crippen LogP contribution in [0.15, 0.2) is 29.2 Å². The Labute approximate surface area is 105 Å². The van der Waals surface area contributed by atoms with Crippen LogP contribution in [0.5, 0.6) is 0 Å². The van der Waals surface area contributed by atoms with Crippen molar-refractivity contribution in [2.75, 3.05) is 11.9 Å². The van der Waals surface area contributed by atoms with Crippen molar-refractivity contribution in [3.05, 3.63) is 29.8 Å². The summed E-state index contributed by atoms with van der Waals surface area (Å²) in [7, 11) is -3.73. The molecule has 0 bridgehead atoms. The lowest BCUT2D eigenvalue weighted by molar-refractivity contribution is -0.137. The number of hydrogen-bond acceptors (Lipinski definition) is 2. The highest BCUT2D eigenvalue weighted by Crippen LogP contribution is 2.29. The van der Waals surface area contributed by atoms with Gasteiger partial charge in [0.25, 0.3) is 0 Å². The van der Waals surface area contributed by atoms with E-state index in [0.717, 1.165) is 24.3 Å². The standard InChI is InChI=1S/C9H9BrF3NO2S/c10-5-6-14-17(15,16)8-3-1-7(2-4-8)9(11,12)13/h1-4,14H,5-6H2. The van der Waals surface area contributed by atoms with Gasteiger partial charge in [0, 0.05) is 11.9 Å². The van der Waals surface area contributed by atoms with Gasteiger partial charge >= 0.3 is 6.18 Å². The van der Waals surface area contributed by atoms with E-state index in [4.69, 9.17) is 0 Å². The second-order valence-electron chi connectivity index (χ2n) is 3.11. The van der Waals surface area contributed by atoms with Gasteiger partial charge in [-0.3, -0.25) is 0 Å². The minimum absolute atomic E-state index is 0.170. The molecule has 8 heteroatoms. The van der Waals surface area contributed by atoms with Gasteiger partial charge in [-0.05, 0) is 24.3 Å². The Morgan fingerprint density at radius 1 is 1.18 bits per heavy atom. The highest BCUT2D eigenvalue weighted by Gasteiger charge is 2.30. The Balaban J connectivity index is 2.95. The highest BCUT2D eigenvalue weighted by molar-refractivity contribution is 9.09. The maximum absolute atomic E-state index is 12.2. The maximum Gasteiger partial charge on any atom is 0.416 e. The van der Waals surface area contributed by atoms with Gasteiger partial charge in [-0.15, -0.1) is 0 Å². The summed E-state index contributed by atoms with van der Waals surface area (Å²) in [5.41, 5.74) is -0.878. The van der Waals surface area contributed by atoms with Gasteiger partial charge in [0.15, 0.2) is 0 Å². The Kier molecular flexibility index (Phi) is 4.56. The Morgan fingerprint density at radius 2 is 1.71 bits per heavy atom. The monoisotopic (exact) mass is 331 g/mol. The van der Waals surface area contributed by atoms with Crippen molar-refractivity contribution in [2.45, 2.75) is 11.1 Å². The Bertz CT molecular complexity index is 470. The third-order valence-corrected chi connectivity index (χ3v) is 3.75. The molecule has 0 heterocycles. The molecule has 0 saturated heterocycles. The summed E-state index contributed by atoms with van der Waals surface area (Å²) in [6, 6.07) is 3.34. The Morgan fingerprint density at radius 3 is 2.12 bits per heavy atom. The lowest BCUT2D eigenvalue weighted by Gasteiger charge is -2.08. The van der Waals surface area contributed by atoms with Crippen LogP contribution in [-0.2, 0) is 16.2 Å². The molecule has 3 nitrogen and oxygen atoms in total. The molecule has 96 valence electrons. The van der Waals surface area contributed by atoms with E-state index < -0.39 is 21.8 Å². The van der Waals surface area contributed by atoms with Crippen LogP contribution in [0.3, 0.4) is 0 Å². The molecular formula is C9H9BrF3NO2S. The topological polar surface area (TPSA) is 46.2 Å². The molecule has 0 fully saturated rings. The zero-order valence-corrected chi connectivity index (χ0v) is 10.9. The number of nitrogens with one attached hydrogen (secondary N) is 1. The summed E-state index contributed by atoms with van der Waals surface area (Å²) in [5.74, 6) is 0. The molecule has 0 saturated carbocycles. The molecule has 1 N–H and O–H groups in total. The van der Waals surface area contributed by atoms with Crippen LogP contribution in [0.1, 0.15) is 5.56 Å². The molecule has 0 spiro atoms. The zero-order chi connectivity index (χ0) is 13.1. The average Bonchev–Trinajstić information content (AvgIpc) is 2.25. The van der Waals surface area contributed by atoms with Crippen molar-refractivity contribution in [1.82, 2.24) is 4.72 Å². The number of rotatable bonds is 4. The van der Waals surface area contributed by atoms with Crippen molar-refractivity contribution < 1.29 is 21.6 Å². The number of sulfonamides is 1.